The number of nitrogens with one attached hydrogen (secondary N) is 1. The van der Waals surface area contributed by atoms with Crippen LogP contribution in [0.1, 0.15) is 21.5 Å². The molecule has 34 heavy (non-hydrogen) atoms. The molecule has 0 bridgehead atoms. The molecular weight excluding hydrogens is 456 g/mol. The summed E-state index contributed by atoms with van der Waals surface area (Å²) in [7, 11) is 2.75. The first-order chi connectivity index (χ1) is 16.4. The van der Waals surface area contributed by atoms with E-state index >= 15 is 0 Å². The molecule has 0 spiro atoms. The maximum Gasteiger partial charge on any atom is 0.339 e. The van der Waals surface area contributed by atoms with Crippen LogP contribution in [0.5, 0.6) is 11.5 Å². The van der Waals surface area contributed by atoms with Gasteiger partial charge in [0.15, 0.2) is 11.5 Å². The highest BCUT2D eigenvalue weighted by Crippen LogP contribution is 2.30. The van der Waals surface area contributed by atoms with Crippen LogP contribution in [0.15, 0.2) is 72.3 Å². The lowest BCUT2D eigenvalue weighted by Crippen LogP contribution is -2.16. The minimum atomic E-state index is -0.666. The summed E-state index contributed by atoms with van der Waals surface area (Å²) in [5.41, 5.74) is 1.76. The average molecular weight is 477 g/mol. The van der Waals surface area contributed by atoms with Gasteiger partial charge < -0.3 is 19.5 Å². The van der Waals surface area contributed by atoms with E-state index in [1.165, 1.54) is 26.4 Å². The van der Waals surface area contributed by atoms with E-state index in [9.17, 15) is 14.9 Å². The van der Waals surface area contributed by atoms with Gasteiger partial charge in [0.2, 0.25) is 0 Å². The van der Waals surface area contributed by atoms with Gasteiger partial charge in [-0.05, 0) is 53.6 Å². The zero-order chi connectivity index (χ0) is 24.5. The number of ether oxygens (including phenoxy) is 3. The molecule has 0 aliphatic rings. The van der Waals surface area contributed by atoms with Crippen molar-refractivity contribution in [1.29, 1.82) is 5.26 Å². The smallest absolute Gasteiger partial charge is 0.339 e. The number of hydrogen-bond acceptors (Lipinski definition) is 6. The monoisotopic (exact) mass is 476 g/mol. The summed E-state index contributed by atoms with van der Waals surface area (Å²) in [6.07, 6.45) is 1.42. The Hall–Kier alpha value is -4.28. The summed E-state index contributed by atoms with van der Waals surface area (Å²) >= 11 is 5.90. The summed E-state index contributed by atoms with van der Waals surface area (Å²) in [6.45, 7) is 0.314. The summed E-state index contributed by atoms with van der Waals surface area (Å²) in [5.74, 6) is -0.320. The molecule has 3 aromatic rings. The number of amides is 1. The molecule has 0 saturated heterocycles. The number of anilines is 1. The third kappa shape index (κ3) is 6.15. The van der Waals surface area contributed by atoms with Gasteiger partial charge >= 0.3 is 5.97 Å². The molecule has 1 amide bonds. The Labute approximate surface area is 202 Å². The van der Waals surface area contributed by atoms with Crippen LogP contribution in [0.25, 0.3) is 6.08 Å². The Bertz CT molecular complexity index is 1260. The molecule has 0 fully saturated rings. The van der Waals surface area contributed by atoms with E-state index in [-0.39, 0.29) is 16.8 Å². The van der Waals surface area contributed by atoms with Crippen LogP contribution in [0.2, 0.25) is 5.02 Å². The molecule has 0 aliphatic heterocycles. The molecular formula is C26H21ClN2O5. The van der Waals surface area contributed by atoms with Gasteiger partial charge in [-0.25, -0.2) is 4.79 Å². The minimum Gasteiger partial charge on any atom is -0.493 e. The average Bonchev–Trinajstić information content (AvgIpc) is 2.87. The van der Waals surface area contributed by atoms with E-state index in [4.69, 9.17) is 25.8 Å². The maximum absolute atomic E-state index is 12.7. The highest BCUT2D eigenvalue weighted by atomic mass is 35.5. The summed E-state index contributed by atoms with van der Waals surface area (Å²) in [4.78, 5) is 24.6. The Morgan fingerprint density at radius 1 is 1.03 bits per heavy atom. The fourth-order valence-corrected chi connectivity index (χ4v) is 3.15. The number of benzene rings is 3. The predicted molar refractivity (Wildman–Crippen MR) is 129 cm³/mol. The fraction of sp³-hybridized carbons (Fsp3) is 0.115. The van der Waals surface area contributed by atoms with Crippen LogP contribution in [0, 0.1) is 11.3 Å². The quantitative estimate of drug-likeness (QED) is 0.270. The number of esters is 1. The van der Waals surface area contributed by atoms with E-state index in [0.717, 1.165) is 5.56 Å². The molecule has 0 aliphatic carbocycles. The van der Waals surface area contributed by atoms with E-state index < -0.39 is 11.9 Å². The van der Waals surface area contributed by atoms with E-state index in [1.807, 2.05) is 18.2 Å². The largest absolute Gasteiger partial charge is 0.493 e. The van der Waals surface area contributed by atoms with Gasteiger partial charge in [0.1, 0.15) is 18.2 Å². The van der Waals surface area contributed by atoms with Crippen molar-refractivity contribution in [2.24, 2.45) is 0 Å². The zero-order valence-corrected chi connectivity index (χ0v) is 19.3. The van der Waals surface area contributed by atoms with E-state index in [1.54, 1.807) is 48.5 Å². The summed E-state index contributed by atoms with van der Waals surface area (Å²) < 4.78 is 16.0. The van der Waals surface area contributed by atoms with Gasteiger partial charge in [0.05, 0.1) is 25.5 Å². The van der Waals surface area contributed by atoms with Gasteiger partial charge in [-0.1, -0.05) is 41.9 Å². The predicted octanol–water partition coefficient (Wildman–Crippen LogP) is 5.26. The van der Waals surface area contributed by atoms with Crippen LogP contribution in [-0.2, 0) is 16.1 Å². The lowest BCUT2D eigenvalue weighted by molar-refractivity contribution is -0.112. The highest BCUT2D eigenvalue weighted by molar-refractivity contribution is 6.30. The molecule has 8 heteroatoms. The third-order valence-electron chi connectivity index (χ3n) is 4.75. The molecule has 0 atom stereocenters. The number of para-hydroxylation sites is 1. The molecule has 0 heterocycles. The molecule has 172 valence electrons. The lowest BCUT2D eigenvalue weighted by atomic mass is 10.1. The first kappa shape index (κ1) is 24.4. The minimum absolute atomic E-state index is 0.156. The second-order valence-corrected chi connectivity index (χ2v) is 7.42. The number of methoxy groups -OCH3 is 2. The van der Waals surface area contributed by atoms with Crippen molar-refractivity contribution >= 4 is 35.2 Å². The van der Waals surface area contributed by atoms with Crippen molar-refractivity contribution in [3.63, 3.8) is 0 Å². The van der Waals surface area contributed by atoms with Gasteiger partial charge in [-0.15, -0.1) is 0 Å². The second-order valence-electron chi connectivity index (χ2n) is 6.99. The van der Waals surface area contributed by atoms with E-state index in [0.29, 0.717) is 28.7 Å². The van der Waals surface area contributed by atoms with Crippen molar-refractivity contribution in [3.05, 3.63) is 94.0 Å². The van der Waals surface area contributed by atoms with Crippen LogP contribution in [0.3, 0.4) is 0 Å². The second kappa shape index (κ2) is 11.5. The summed E-state index contributed by atoms with van der Waals surface area (Å²) in [6, 6.07) is 20.6. The molecule has 0 unspecified atom stereocenters. The van der Waals surface area contributed by atoms with Crippen molar-refractivity contribution in [3.8, 4) is 17.6 Å². The Morgan fingerprint density at radius 3 is 2.44 bits per heavy atom. The topological polar surface area (TPSA) is 97.7 Å². The first-order valence-corrected chi connectivity index (χ1v) is 10.5. The normalized spacial score (nSPS) is 10.7. The maximum atomic E-state index is 12.7. The van der Waals surface area contributed by atoms with Gasteiger partial charge in [0, 0.05) is 5.02 Å². The summed E-state index contributed by atoms with van der Waals surface area (Å²) in [5, 5.41) is 12.8. The molecule has 0 aromatic heterocycles. The van der Waals surface area contributed by atoms with Crippen molar-refractivity contribution in [1.82, 2.24) is 0 Å². The zero-order valence-electron chi connectivity index (χ0n) is 18.5. The van der Waals surface area contributed by atoms with Crippen LogP contribution in [-0.4, -0.2) is 26.1 Å². The van der Waals surface area contributed by atoms with Crippen molar-refractivity contribution in [2.75, 3.05) is 19.5 Å². The standard InChI is InChI=1S/C26H21ClN2O5/c1-32-24-14-18(9-12-23(24)34-16-17-7-10-20(27)11-8-17)13-19(15-28)25(30)29-22-6-4-3-5-21(22)26(31)33-2/h3-14H,16H2,1-2H3,(H,29,30)/b19-13-. The van der Waals surface area contributed by atoms with Crippen LogP contribution < -0.4 is 14.8 Å². The molecule has 1 N–H and O–H groups in total. The Kier molecular flexibility index (Phi) is 8.27. The third-order valence-corrected chi connectivity index (χ3v) is 5.00. The molecule has 3 aromatic carbocycles. The van der Waals surface area contributed by atoms with Gasteiger partial charge in [0.25, 0.3) is 5.91 Å². The molecule has 0 saturated carbocycles. The van der Waals surface area contributed by atoms with Crippen LogP contribution >= 0.6 is 11.6 Å². The molecule has 3 rings (SSSR count). The molecule has 0 radical (unpaired) electrons. The van der Waals surface area contributed by atoms with E-state index in [2.05, 4.69) is 5.32 Å². The van der Waals surface area contributed by atoms with Crippen LogP contribution in [0.4, 0.5) is 5.69 Å². The van der Waals surface area contributed by atoms with Crippen molar-refractivity contribution < 1.29 is 23.8 Å². The number of nitrogens with zero attached hydrogens (tertiary/aromatic N) is 1. The first-order valence-electron chi connectivity index (χ1n) is 10.1. The molecule has 7 nitrogen and oxygen atoms in total. The Morgan fingerprint density at radius 2 is 1.76 bits per heavy atom. The SMILES string of the molecule is COC(=O)c1ccccc1NC(=O)/C(C#N)=C\c1ccc(OCc2ccc(Cl)cc2)c(OC)c1. The highest BCUT2D eigenvalue weighted by Gasteiger charge is 2.16. The van der Waals surface area contributed by atoms with Gasteiger partial charge in [-0.2, -0.15) is 5.26 Å². The lowest BCUT2D eigenvalue weighted by Gasteiger charge is -2.12. The van der Waals surface area contributed by atoms with Crippen molar-refractivity contribution in [2.45, 2.75) is 6.61 Å². The number of hydrogen-bond donors (Lipinski definition) is 1. The van der Waals surface area contributed by atoms with Gasteiger partial charge in [-0.3, -0.25) is 4.79 Å². The number of rotatable bonds is 8. The number of halogens is 1. The fourth-order valence-electron chi connectivity index (χ4n) is 3.02. The number of carbonyl (C=O) groups excluding carboxylic acids is 2. The Balaban J connectivity index is 1.78. The number of carbonyl (C=O) groups is 2. The number of nitriles is 1.